The van der Waals surface area contributed by atoms with Gasteiger partial charge in [-0.05, 0) is 30.1 Å². The van der Waals surface area contributed by atoms with E-state index in [9.17, 15) is 10.2 Å². The van der Waals surface area contributed by atoms with Crippen molar-refractivity contribution in [3.05, 3.63) is 0 Å². The summed E-state index contributed by atoms with van der Waals surface area (Å²) in [7, 11) is 0. The molecule has 0 aromatic heterocycles. The summed E-state index contributed by atoms with van der Waals surface area (Å²) in [5.74, 6) is 1.27. The maximum atomic E-state index is 9.99. The summed E-state index contributed by atoms with van der Waals surface area (Å²) in [6.45, 7) is 4.23. The number of hydrogen-bond acceptors (Lipinski definition) is 2. The largest absolute Gasteiger partial charge is 0.390 e. The van der Waals surface area contributed by atoms with Gasteiger partial charge in [-0.3, -0.25) is 0 Å². The monoisotopic (exact) mass is 198 g/mol. The van der Waals surface area contributed by atoms with E-state index in [1.54, 1.807) is 0 Å². The van der Waals surface area contributed by atoms with Crippen molar-refractivity contribution in [2.45, 2.75) is 58.2 Å². The minimum absolute atomic E-state index is 0.0945. The SMILES string of the molecule is CC1(C)C(O)C(O)CC2CCCCC21. The summed E-state index contributed by atoms with van der Waals surface area (Å²) in [4.78, 5) is 0. The van der Waals surface area contributed by atoms with E-state index in [2.05, 4.69) is 13.8 Å². The fourth-order valence-electron chi connectivity index (χ4n) is 3.62. The van der Waals surface area contributed by atoms with Crippen LogP contribution in [0.15, 0.2) is 0 Å². The van der Waals surface area contributed by atoms with E-state index in [0.29, 0.717) is 11.8 Å². The molecule has 0 heterocycles. The molecule has 0 aliphatic heterocycles. The first-order valence-corrected chi connectivity index (χ1v) is 5.89. The molecule has 0 amide bonds. The normalized spacial score (nSPS) is 47.1. The Balaban J connectivity index is 2.19. The lowest BCUT2D eigenvalue weighted by molar-refractivity contribution is -0.140. The number of hydrogen-bond donors (Lipinski definition) is 2. The zero-order valence-corrected chi connectivity index (χ0v) is 9.24. The van der Waals surface area contributed by atoms with Gasteiger partial charge in [0.1, 0.15) is 0 Å². The van der Waals surface area contributed by atoms with Crippen LogP contribution in [0, 0.1) is 17.3 Å². The Labute approximate surface area is 86.3 Å². The van der Waals surface area contributed by atoms with Crippen molar-refractivity contribution in [3.8, 4) is 0 Å². The molecular weight excluding hydrogens is 176 g/mol. The smallest absolute Gasteiger partial charge is 0.0852 e. The molecule has 2 rings (SSSR count). The predicted octanol–water partition coefficient (Wildman–Crippen LogP) is 1.94. The molecule has 2 aliphatic rings. The van der Waals surface area contributed by atoms with Crippen molar-refractivity contribution in [2.75, 3.05) is 0 Å². The molecule has 2 heteroatoms. The van der Waals surface area contributed by atoms with E-state index in [1.807, 2.05) is 0 Å². The van der Waals surface area contributed by atoms with Crippen LogP contribution < -0.4 is 0 Å². The Morgan fingerprint density at radius 3 is 2.43 bits per heavy atom. The Morgan fingerprint density at radius 1 is 1.07 bits per heavy atom. The highest BCUT2D eigenvalue weighted by Crippen LogP contribution is 2.50. The highest BCUT2D eigenvalue weighted by molar-refractivity contribution is 4.98. The lowest BCUT2D eigenvalue weighted by Gasteiger charge is -2.51. The maximum Gasteiger partial charge on any atom is 0.0852 e. The van der Waals surface area contributed by atoms with E-state index in [1.165, 1.54) is 25.7 Å². The Hall–Kier alpha value is -0.0800. The number of rotatable bonds is 0. The summed E-state index contributed by atoms with van der Waals surface area (Å²) >= 11 is 0. The van der Waals surface area contributed by atoms with E-state index in [0.717, 1.165) is 6.42 Å². The third-order valence-electron chi connectivity index (χ3n) is 4.54. The molecule has 2 aliphatic carbocycles. The summed E-state index contributed by atoms with van der Waals surface area (Å²) in [5.41, 5.74) is -0.0945. The van der Waals surface area contributed by atoms with Crippen molar-refractivity contribution >= 4 is 0 Å². The lowest BCUT2D eigenvalue weighted by Crippen LogP contribution is -2.53. The van der Waals surface area contributed by atoms with E-state index < -0.39 is 12.2 Å². The van der Waals surface area contributed by atoms with Crippen LogP contribution in [-0.2, 0) is 0 Å². The molecule has 0 aromatic carbocycles. The minimum atomic E-state index is -0.526. The Bertz CT molecular complexity index is 212. The first-order chi connectivity index (χ1) is 6.53. The first-order valence-electron chi connectivity index (χ1n) is 5.89. The Morgan fingerprint density at radius 2 is 1.71 bits per heavy atom. The van der Waals surface area contributed by atoms with Gasteiger partial charge in [0.25, 0.3) is 0 Å². The molecule has 2 saturated carbocycles. The second-order valence-corrected chi connectivity index (χ2v) is 5.72. The molecule has 0 saturated heterocycles. The molecule has 4 unspecified atom stereocenters. The van der Waals surface area contributed by atoms with Crippen LogP contribution in [0.4, 0.5) is 0 Å². The first kappa shape index (κ1) is 10.4. The van der Waals surface area contributed by atoms with Crippen LogP contribution in [0.3, 0.4) is 0 Å². The second-order valence-electron chi connectivity index (χ2n) is 5.72. The van der Waals surface area contributed by atoms with Crippen molar-refractivity contribution in [1.82, 2.24) is 0 Å². The zero-order chi connectivity index (χ0) is 10.3. The summed E-state index contributed by atoms with van der Waals surface area (Å²) in [5, 5.41) is 19.8. The molecule has 2 fully saturated rings. The van der Waals surface area contributed by atoms with E-state index in [-0.39, 0.29) is 5.41 Å². The van der Waals surface area contributed by atoms with Gasteiger partial charge in [0, 0.05) is 0 Å². The standard InChI is InChI=1S/C12H22O2/c1-12(2)9-6-4-3-5-8(9)7-10(13)11(12)14/h8-11,13-14H,3-7H2,1-2H3. The fourth-order valence-corrected chi connectivity index (χ4v) is 3.62. The van der Waals surface area contributed by atoms with Gasteiger partial charge in [0.2, 0.25) is 0 Å². The fraction of sp³-hybridized carbons (Fsp3) is 1.00. The number of aliphatic hydroxyl groups excluding tert-OH is 2. The molecule has 82 valence electrons. The average Bonchev–Trinajstić information content (AvgIpc) is 2.15. The van der Waals surface area contributed by atoms with Gasteiger partial charge in [0.05, 0.1) is 12.2 Å². The maximum absolute atomic E-state index is 9.99. The van der Waals surface area contributed by atoms with Gasteiger partial charge in [-0.2, -0.15) is 0 Å². The quantitative estimate of drug-likeness (QED) is 0.624. The third-order valence-corrected chi connectivity index (χ3v) is 4.54. The van der Waals surface area contributed by atoms with Gasteiger partial charge in [0.15, 0.2) is 0 Å². The highest BCUT2D eigenvalue weighted by atomic mass is 16.3. The number of aliphatic hydroxyl groups is 2. The van der Waals surface area contributed by atoms with Gasteiger partial charge in [-0.1, -0.05) is 33.1 Å². The molecule has 0 spiro atoms. The van der Waals surface area contributed by atoms with E-state index in [4.69, 9.17) is 0 Å². The second kappa shape index (κ2) is 3.49. The third kappa shape index (κ3) is 1.49. The summed E-state index contributed by atoms with van der Waals surface area (Å²) < 4.78 is 0. The van der Waals surface area contributed by atoms with Crippen LogP contribution in [0.2, 0.25) is 0 Å². The average molecular weight is 198 g/mol. The van der Waals surface area contributed by atoms with Crippen LogP contribution >= 0.6 is 0 Å². The molecule has 14 heavy (non-hydrogen) atoms. The molecular formula is C12H22O2. The zero-order valence-electron chi connectivity index (χ0n) is 9.24. The number of fused-ring (bicyclic) bond motifs is 1. The lowest BCUT2D eigenvalue weighted by atomic mass is 9.57. The molecule has 0 bridgehead atoms. The topological polar surface area (TPSA) is 40.5 Å². The van der Waals surface area contributed by atoms with Gasteiger partial charge in [-0.25, -0.2) is 0 Å². The van der Waals surface area contributed by atoms with Crippen LogP contribution in [-0.4, -0.2) is 22.4 Å². The van der Waals surface area contributed by atoms with Crippen LogP contribution in [0.25, 0.3) is 0 Å². The predicted molar refractivity (Wildman–Crippen MR) is 55.9 cm³/mol. The Kier molecular flexibility index (Phi) is 2.61. The molecule has 0 radical (unpaired) electrons. The van der Waals surface area contributed by atoms with Crippen molar-refractivity contribution < 1.29 is 10.2 Å². The molecule has 0 aromatic rings. The molecule has 2 nitrogen and oxygen atoms in total. The van der Waals surface area contributed by atoms with Crippen molar-refractivity contribution in [1.29, 1.82) is 0 Å². The van der Waals surface area contributed by atoms with Crippen molar-refractivity contribution in [3.63, 3.8) is 0 Å². The molecule has 2 N–H and O–H groups in total. The van der Waals surface area contributed by atoms with Gasteiger partial charge >= 0.3 is 0 Å². The minimum Gasteiger partial charge on any atom is -0.390 e. The van der Waals surface area contributed by atoms with Crippen LogP contribution in [0.1, 0.15) is 46.0 Å². The summed E-state index contributed by atoms with van der Waals surface area (Å²) in [6, 6.07) is 0. The highest BCUT2D eigenvalue weighted by Gasteiger charge is 2.49. The van der Waals surface area contributed by atoms with Crippen LogP contribution in [0.5, 0.6) is 0 Å². The van der Waals surface area contributed by atoms with Gasteiger partial charge < -0.3 is 10.2 Å². The van der Waals surface area contributed by atoms with Crippen molar-refractivity contribution in [2.24, 2.45) is 17.3 Å². The summed E-state index contributed by atoms with van der Waals surface area (Å²) in [6.07, 6.45) is 4.88. The molecule has 4 atom stereocenters. The van der Waals surface area contributed by atoms with Gasteiger partial charge in [-0.15, -0.1) is 0 Å². The van der Waals surface area contributed by atoms with E-state index >= 15 is 0 Å².